The Kier molecular flexibility index (Phi) is 8.42. The Labute approximate surface area is 217 Å². The molecule has 1 aliphatic rings. The minimum atomic E-state index is -4.13. The molecule has 1 saturated heterocycles. The number of carbonyl (C=O) groups is 2. The molecular weight excluding hydrogens is 492 g/mol. The van der Waals surface area contributed by atoms with Gasteiger partial charge in [-0.1, -0.05) is 47.8 Å². The second-order valence-electron chi connectivity index (χ2n) is 8.49. The minimum Gasteiger partial charge on any atom is -0.364 e. The van der Waals surface area contributed by atoms with Crippen molar-refractivity contribution in [1.29, 1.82) is 0 Å². The summed E-state index contributed by atoms with van der Waals surface area (Å²) in [7, 11) is -4.13. The predicted octanol–water partition coefficient (Wildman–Crippen LogP) is 2.77. The normalized spacial score (nSPS) is 14.1. The van der Waals surface area contributed by atoms with Gasteiger partial charge in [-0.3, -0.25) is 9.59 Å². The van der Waals surface area contributed by atoms with E-state index >= 15 is 0 Å². The number of hydrogen-bond acceptors (Lipinski definition) is 6. The summed E-state index contributed by atoms with van der Waals surface area (Å²) in [6, 6.07) is 22.6. The van der Waals surface area contributed by atoms with Crippen molar-refractivity contribution in [2.45, 2.75) is 11.8 Å². The van der Waals surface area contributed by atoms with Crippen LogP contribution in [0.4, 0.5) is 5.69 Å². The third-order valence-corrected chi connectivity index (χ3v) is 7.69. The summed E-state index contributed by atoms with van der Waals surface area (Å²) in [5.41, 5.74) is 0.573. The molecule has 0 radical (unpaired) electrons. The van der Waals surface area contributed by atoms with Gasteiger partial charge in [0.1, 0.15) is 0 Å². The van der Waals surface area contributed by atoms with Crippen molar-refractivity contribution in [2.75, 3.05) is 43.7 Å². The number of nitrogens with one attached hydrogen (secondary N) is 1. The molecule has 1 fully saturated rings. The summed E-state index contributed by atoms with van der Waals surface area (Å²) in [5, 5.41) is 2.63. The highest BCUT2D eigenvalue weighted by atomic mass is 32.2. The topological polar surface area (TPSA) is 99.3 Å². The standard InChI is InChI=1S/C27H30N4O5S/c1-2-29-17-19-30(20-18-29)26(32)21-28-27(33)22-13-15-25(16-14-22)37(34,35)31(23-9-5-3-6-10-23)36-24-11-7-4-8-12-24/h3-16H,2,17-21H2,1H3,(H,28,33). The summed E-state index contributed by atoms with van der Waals surface area (Å²) >= 11 is 0. The number of amides is 2. The van der Waals surface area contributed by atoms with Gasteiger partial charge in [-0.05, 0) is 55.1 Å². The third kappa shape index (κ3) is 6.46. The molecule has 3 aromatic carbocycles. The Bertz CT molecular complexity index is 1290. The number of piperazine rings is 1. The third-order valence-electron chi connectivity index (χ3n) is 6.10. The first kappa shape index (κ1) is 26.2. The SMILES string of the molecule is CCN1CCN(C(=O)CNC(=O)c2ccc(S(=O)(=O)N(Oc3ccccc3)c3ccccc3)cc2)CC1. The van der Waals surface area contributed by atoms with Crippen molar-refractivity contribution in [1.82, 2.24) is 15.1 Å². The summed E-state index contributed by atoms with van der Waals surface area (Å²) in [6.45, 7) is 5.84. The van der Waals surface area contributed by atoms with Crippen molar-refractivity contribution < 1.29 is 22.8 Å². The van der Waals surface area contributed by atoms with Crippen molar-refractivity contribution in [3.63, 3.8) is 0 Å². The Hall–Kier alpha value is -3.89. The Balaban J connectivity index is 1.44. The van der Waals surface area contributed by atoms with Crippen molar-refractivity contribution in [2.24, 2.45) is 0 Å². The molecule has 37 heavy (non-hydrogen) atoms. The highest BCUT2D eigenvalue weighted by Gasteiger charge is 2.28. The van der Waals surface area contributed by atoms with E-state index in [0.29, 0.717) is 24.5 Å². The van der Waals surface area contributed by atoms with E-state index in [4.69, 9.17) is 4.84 Å². The lowest BCUT2D eigenvalue weighted by atomic mass is 10.2. The molecule has 0 aromatic heterocycles. The molecular formula is C27H30N4O5S. The molecule has 0 unspecified atom stereocenters. The molecule has 0 spiro atoms. The van der Waals surface area contributed by atoms with Crippen LogP contribution < -0.4 is 14.6 Å². The quantitative estimate of drug-likeness (QED) is 0.434. The minimum absolute atomic E-state index is 0.0475. The molecule has 0 saturated carbocycles. The lowest BCUT2D eigenvalue weighted by molar-refractivity contribution is -0.131. The Morgan fingerprint density at radius 1 is 0.865 bits per heavy atom. The molecule has 9 nitrogen and oxygen atoms in total. The van der Waals surface area contributed by atoms with Gasteiger partial charge in [-0.25, -0.2) is 0 Å². The maximum atomic E-state index is 13.5. The number of benzene rings is 3. The van der Waals surface area contributed by atoms with E-state index in [1.165, 1.54) is 24.3 Å². The van der Waals surface area contributed by atoms with Crippen molar-refractivity contribution in [3.8, 4) is 5.75 Å². The van der Waals surface area contributed by atoms with Crippen LogP contribution in [-0.4, -0.2) is 69.3 Å². The van der Waals surface area contributed by atoms with Crippen LogP contribution in [-0.2, 0) is 14.8 Å². The van der Waals surface area contributed by atoms with E-state index in [1.807, 2.05) is 0 Å². The van der Waals surface area contributed by atoms with Crippen molar-refractivity contribution >= 4 is 27.5 Å². The predicted molar refractivity (Wildman–Crippen MR) is 141 cm³/mol. The van der Waals surface area contributed by atoms with Crippen LogP contribution in [0, 0.1) is 0 Å². The number of sulfonamides is 1. The van der Waals surface area contributed by atoms with E-state index in [-0.39, 0.29) is 22.9 Å². The number of rotatable bonds is 9. The highest BCUT2D eigenvalue weighted by Crippen LogP contribution is 2.26. The number of anilines is 1. The first-order chi connectivity index (χ1) is 17.9. The van der Waals surface area contributed by atoms with Crippen LogP contribution in [0.5, 0.6) is 5.75 Å². The molecule has 2 amide bonds. The van der Waals surface area contributed by atoms with Gasteiger partial charge in [0.2, 0.25) is 5.91 Å². The average Bonchev–Trinajstić information content (AvgIpc) is 2.95. The molecule has 4 rings (SSSR count). The lowest BCUT2D eigenvalue weighted by Crippen LogP contribution is -2.51. The van der Waals surface area contributed by atoms with E-state index in [0.717, 1.165) is 24.1 Å². The van der Waals surface area contributed by atoms with Crippen LogP contribution in [0.1, 0.15) is 17.3 Å². The van der Waals surface area contributed by atoms with Crippen LogP contribution >= 0.6 is 0 Å². The summed E-state index contributed by atoms with van der Waals surface area (Å²) < 4.78 is 27.9. The fourth-order valence-corrected chi connectivity index (χ4v) is 5.18. The van der Waals surface area contributed by atoms with Gasteiger partial charge in [0.05, 0.1) is 17.1 Å². The van der Waals surface area contributed by atoms with Gasteiger partial charge in [-0.2, -0.15) is 8.42 Å². The van der Waals surface area contributed by atoms with Crippen LogP contribution in [0.15, 0.2) is 89.8 Å². The zero-order chi connectivity index (χ0) is 26.3. The van der Waals surface area contributed by atoms with Crippen LogP contribution in [0.25, 0.3) is 0 Å². The Morgan fingerprint density at radius 3 is 2.05 bits per heavy atom. The molecule has 0 aliphatic carbocycles. The maximum absolute atomic E-state index is 13.5. The molecule has 1 N–H and O–H groups in total. The smallest absolute Gasteiger partial charge is 0.295 e. The molecule has 0 bridgehead atoms. The second-order valence-corrected chi connectivity index (χ2v) is 10.2. The van der Waals surface area contributed by atoms with Gasteiger partial charge < -0.3 is 20.0 Å². The summed E-state index contributed by atoms with van der Waals surface area (Å²) in [4.78, 5) is 34.8. The number of carbonyl (C=O) groups excluding carboxylic acids is 2. The second kappa shape index (κ2) is 11.9. The lowest BCUT2D eigenvalue weighted by Gasteiger charge is -2.34. The van der Waals surface area contributed by atoms with Crippen molar-refractivity contribution in [3.05, 3.63) is 90.5 Å². The number of nitrogens with zero attached hydrogens (tertiary/aromatic N) is 3. The van der Waals surface area contributed by atoms with Gasteiger partial charge >= 0.3 is 0 Å². The largest absolute Gasteiger partial charge is 0.364 e. The van der Waals surface area contributed by atoms with Gasteiger partial charge in [-0.15, -0.1) is 0 Å². The molecule has 3 aromatic rings. The van der Waals surface area contributed by atoms with E-state index < -0.39 is 15.9 Å². The highest BCUT2D eigenvalue weighted by molar-refractivity contribution is 7.92. The Morgan fingerprint density at radius 2 is 1.46 bits per heavy atom. The van der Waals surface area contributed by atoms with Gasteiger partial charge in [0.15, 0.2) is 5.75 Å². The molecule has 10 heteroatoms. The fourth-order valence-electron chi connectivity index (χ4n) is 3.92. The monoisotopic (exact) mass is 522 g/mol. The zero-order valence-electron chi connectivity index (χ0n) is 20.6. The van der Waals surface area contributed by atoms with Crippen LogP contribution in [0.2, 0.25) is 0 Å². The van der Waals surface area contributed by atoms with E-state index in [1.54, 1.807) is 65.6 Å². The van der Waals surface area contributed by atoms with Gasteiger partial charge in [0, 0.05) is 31.7 Å². The maximum Gasteiger partial charge on any atom is 0.295 e. The first-order valence-corrected chi connectivity index (χ1v) is 13.5. The van der Waals surface area contributed by atoms with E-state index in [9.17, 15) is 18.0 Å². The molecule has 1 heterocycles. The van der Waals surface area contributed by atoms with Crippen LogP contribution in [0.3, 0.4) is 0 Å². The van der Waals surface area contributed by atoms with Gasteiger partial charge in [0.25, 0.3) is 15.9 Å². The number of para-hydroxylation sites is 2. The molecule has 194 valence electrons. The number of hydrogen-bond donors (Lipinski definition) is 1. The summed E-state index contributed by atoms with van der Waals surface area (Å²) in [5.74, 6) is -0.239. The zero-order valence-corrected chi connectivity index (χ0v) is 21.4. The first-order valence-electron chi connectivity index (χ1n) is 12.1. The molecule has 1 aliphatic heterocycles. The van der Waals surface area contributed by atoms with E-state index in [2.05, 4.69) is 17.1 Å². The summed E-state index contributed by atoms with van der Waals surface area (Å²) in [6.07, 6.45) is 0. The fraction of sp³-hybridized carbons (Fsp3) is 0.259. The average molecular weight is 523 g/mol. The molecule has 0 atom stereocenters. The number of likely N-dealkylation sites (N-methyl/N-ethyl adjacent to an activating group) is 1.